The van der Waals surface area contributed by atoms with Crippen molar-refractivity contribution in [3.63, 3.8) is 0 Å². The lowest BCUT2D eigenvalue weighted by molar-refractivity contribution is -0.139. The van der Waals surface area contributed by atoms with Gasteiger partial charge in [0.25, 0.3) is 0 Å². The first-order valence-electron chi connectivity index (χ1n) is 7.25. The Kier molecular flexibility index (Phi) is 6.04. The predicted molar refractivity (Wildman–Crippen MR) is 99.1 cm³/mol. The quantitative estimate of drug-likeness (QED) is 0.662. The molecule has 0 N–H and O–H groups in total. The van der Waals surface area contributed by atoms with Gasteiger partial charge < -0.3 is 14.4 Å². The Bertz CT molecular complexity index is 946. The average Bonchev–Trinajstić information content (AvgIpc) is 2.82. The van der Waals surface area contributed by atoms with Crippen molar-refractivity contribution in [2.45, 2.75) is 4.90 Å². The van der Waals surface area contributed by atoms with Crippen molar-refractivity contribution < 1.29 is 27.5 Å². The molecule has 9 heteroatoms. The van der Waals surface area contributed by atoms with Crippen LogP contribution in [0.25, 0.3) is 0 Å². The van der Waals surface area contributed by atoms with E-state index in [0.717, 1.165) is 6.26 Å². The van der Waals surface area contributed by atoms with E-state index in [1.165, 1.54) is 43.4 Å². The molecule has 1 aromatic carbocycles. The van der Waals surface area contributed by atoms with Crippen LogP contribution in [0.4, 0.5) is 5.69 Å². The van der Waals surface area contributed by atoms with Crippen LogP contribution in [0.5, 0.6) is 0 Å². The lowest BCUT2D eigenvalue weighted by Gasteiger charge is -2.24. The highest BCUT2D eigenvalue weighted by Gasteiger charge is 2.28. The summed E-state index contributed by atoms with van der Waals surface area (Å²) in [6.45, 7) is 0. The molecule has 0 atom stereocenters. The second-order valence-corrected chi connectivity index (χ2v) is 8.07. The van der Waals surface area contributed by atoms with Crippen LogP contribution in [-0.4, -0.2) is 40.8 Å². The molecule has 1 aliphatic heterocycles. The van der Waals surface area contributed by atoms with E-state index >= 15 is 0 Å². The number of rotatable bonds is 4. The zero-order chi connectivity index (χ0) is 19.5. The number of halogens is 1. The fourth-order valence-electron chi connectivity index (χ4n) is 2.26. The van der Waals surface area contributed by atoms with Crippen molar-refractivity contribution >= 4 is 43.4 Å². The van der Waals surface area contributed by atoms with Gasteiger partial charge in [-0.05, 0) is 46.3 Å². The van der Waals surface area contributed by atoms with Gasteiger partial charge in [0.2, 0.25) is 0 Å². The summed E-state index contributed by atoms with van der Waals surface area (Å²) in [7, 11) is -0.996. The van der Waals surface area contributed by atoms with Gasteiger partial charge >= 0.3 is 11.9 Å². The molecule has 0 spiro atoms. The zero-order valence-electron chi connectivity index (χ0n) is 14.2. The minimum absolute atomic E-state index is 0.00318. The van der Waals surface area contributed by atoms with Crippen LogP contribution in [0.3, 0.4) is 0 Å². The third-order valence-electron chi connectivity index (χ3n) is 3.50. The Balaban J connectivity index is 2.69. The smallest absolute Gasteiger partial charge is 0.355 e. The topological polar surface area (TPSA) is 90.0 Å². The van der Waals surface area contributed by atoms with E-state index in [4.69, 9.17) is 9.47 Å². The van der Waals surface area contributed by atoms with Gasteiger partial charge in [0.05, 0.1) is 30.4 Å². The molecule has 2 rings (SSSR count). The van der Waals surface area contributed by atoms with E-state index in [2.05, 4.69) is 15.9 Å². The Morgan fingerprint density at radius 1 is 1.08 bits per heavy atom. The van der Waals surface area contributed by atoms with Crippen molar-refractivity contribution in [3.8, 4) is 0 Å². The van der Waals surface area contributed by atoms with Gasteiger partial charge in [0.1, 0.15) is 5.70 Å². The van der Waals surface area contributed by atoms with Crippen molar-refractivity contribution in [2.75, 3.05) is 25.4 Å². The molecule has 26 heavy (non-hydrogen) atoms. The predicted octanol–water partition coefficient (Wildman–Crippen LogP) is 2.34. The Labute approximate surface area is 159 Å². The molecule has 0 aromatic heterocycles. The summed E-state index contributed by atoms with van der Waals surface area (Å²) >= 11 is 3.32. The number of nitrogens with zero attached hydrogens (tertiary/aromatic N) is 1. The highest BCUT2D eigenvalue weighted by molar-refractivity contribution is 9.10. The van der Waals surface area contributed by atoms with Crippen molar-refractivity contribution in [1.82, 2.24) is 0 Å². The summed E-state index contributed by atoms with van der Waals surface area (Å²) in [6, 6.07) is 4.35. The molecule has 0 saturated carbocycles. The number of carbonyl (C=O) groups excluding carboxylic acids is 2. The van der Waals surface area contributed by atoms with Crippen LogP contribution in [0.1, 0.15) is 0 Å². The number of allylic oxidation sites excluding steroid dienone is 2. The van der Waals surface area contributed by atoms with Crippen LogP contribution < -0.4 is 4.90 Å². The molecular formula is C17H16BrNO6S. The third kappa shape index (κ3) is 4.05. The molecule has 0 unspecified atom stereocenters. The fourth-order valence-corrected chi connectivity index (χ4v) is 3.63. The molecule has 0 fully saturated rings. The molecule has 7 nitrogen and oxygen atoms in total. The maximum absolute atomic E-state index is 12.4. The normalized spacial score (nSPS) is 14.2. The third-order valence-corrected chi connectivity index (χ3v) is 5.24. The van der Waals surface area contributed by atoms with Gasteiger partial charge in [-0.2, -0.15) is 0 Å². The van der Waals surface area contributed by atoms with E-state index in [9.17, 15) is 18.0 Å². The van der Waals surface area contributed by atoms with E-state index in [0.29, 0.717) is 10.2 Å². The largest absolute Gasteiger partial charge is 0.465 e. The Morgan fingerprint density at radius 3 is 2.27 bits per heavy atom. The van der Waals surface area contributed by atoms with Gasteiger partial charge in [0.15, 0.2) is 9.84 Å². The van der Waals surface area contributed by atoms with Crippen molar-refractivity contribution in [3.05, 3.63) is 58.4 Å². The van der Waals surface area contributed by atoms with Gasteiger partial charge in [-0.1, -0.05) is 6.08 Å². The monoisotopic (exact) mass is 441 g/mol. The summed E-state index contributed by atoms with van der Waals surface area (Å²) in [5, 5.41) is 0. The first-order valence-corrected chi connectivity index (χ1v) is 9.93. The maximum atomic E-state index is 12.4. The van der Waals surface area contributed by atoms with E-state index in [1.807, 2.05) is 0 Å². The maximum Gasteiger partial charge on any atom is 0.355 e. The molecule has 0 radical (unpaired) electrons. The van der Waals surface area contributed by atoms with Gasteiger partial charge in [-0.3, -0.25) is 0 Å². The number of benzene rings is 1. The van der Waals surface area contributed by atoms with Gasteiger partial charge in [-0.25, -0.2) is 18.0 Å². The number of hydrogen-bond acceptors (Lipinski definition) is 7. The average molecular weight is 442 g/mol. The summed E-state index contributed by atoms with van der Waals surface area (Å²) in [4.78, 5) is 26.0. The Morgan fingerprint density at radius 2 is 1.73 bits per heavy atom. The van der Waals surface area contributed by atoms with Crippen molar-refractivity contribution in [1.29, 1.82) is 0 Å². The SMILES string of the molecule is COC(=O)C1=C(C(=O)OC)N(c2ccc(S(C)(=O)=O)cc2Br)C=CC=C1. The summed E-state index contributed by atoms with van der Waals surface area (Å²) in [5.41, 5.74) is 0.389. The molecule has 0 bridgehead atoms. The summed E-state index contributed by atoms with van der Waals surface area (Å²) in [5.74, 6) is -1.46. The van der Waals surface area contributed by atoms with E-state index in [1.54, 1.807) is 18.4 Å². The van der Waals surface area contributed by atoms with E-state index in [-0.39, 0.29) is 16.2 Å². The minimum atomic E-state index is -3.40. The number of hydrogen-bond donors (Lipinski definition) is 0. The van der Waals surface area contributed by atoms with Gasteiger partial charge in [0, 0.05) is 16.9 Å². The van der Waals surface area contributed by atoms with Crippen molar-refractivity contribution in [2.24, 2.45) is 0 Å². The number of methoxy groups -OCH3 is 2. The standard InChI is InChI=1S/C17H16BrNO6S/c1-24-16(20)12-6-4-5-9-19(15(12)17(21)25-2)14-8-7-11(10-13(14)18)26(3,22)23/h4-10H,1-3H3. The molecule has 1 heterocycles. The number of sulfone groups is 1. The highest BCUT2D eigenvalue weighted by Crippen LogP contribution is 2.34. The number of carbonyl (C=O) groups is 2. The molecule has 1 aromatic rings. The van der Waals surface area contributed by atoms with Crippen LogP contribution in [-0.2, 0) is 28.9 Å². The fraction of sp³-hybridized carbons (Fsp3) is 0.176. The highest BCUT2D eigenvalue weighted by atomic mass is 79.9. The summed E-state index contributed by atoms with van der Waals surface area (Å²) < 4.78 is 33.4. The second-order valence-electron chi connectivity index (χ2n) is 5.20. The number of esters is 2. The Hall–Kier alpha value is -2.39. The molecular weight excluding hydrogens is 426 g/mol. The first kappa shape index (κ1) is 19.9. The zero-order valence-corrected chi connectivity index (χ0v) is 16.6. The summed E-state index contributed by atoms with van der Waals surface area (Å²) in [6.07, 6.45) is 7.29. The number of ether oxygens (including phenoxy) is 2. The van der Waals surface area contributed by atoms with Crippen LogP contribution in [0, 0.1) is 0 Å². The lowest BCUT2D eigenvalue weighted by atomic mass is 10.1. The molecule has 138 valence electrons. The van der Waals surface area contributed by atoms with Crippen LogP contribution >= 0.6 is 15.9 Å². The molecule has 0 aliphatic carbocycles. The first-order chi connectivity index (χ1) is 12.2. The molecule has 1 aliphatic rings. The second kappa shape index (κ2) is 7.88. The minimum Gasteiger partial charge on any atom is -0.465 e. The van der Waals surface area contributed by atoms with E-state index < -0.39 is 21.8 Å². The lowest BCUT2D eigenvalue weighted by Crippen LogP contribution is -2.27. The molecule has 0 saturated heterocycles. The van der Waals surface area contributed by atoms with Crippen LogP contribution in [0.15, 0.2) is 63.3 Å². The molecule has 0 amide bonds. The number of anilines is 1. The van der Waals surface area contributed by atoms with Gasteiger partial charge in [-0.15, -0.1) is 0 Å². The van der Waals surface area contributed by atoms with Crippen LogP contribution in [0.2, 0.25) is 0 Å².